The van der Waals surface area contributed by atoms with Gasteiger partial charge >= 0.3 is 0 Å². The lowest BCUT2D eigenvalue weighted by Gasteiger charge is -2.43. The second-order valence-electron chi connectivity index (χ2n) is 7.15. The van der Waals surface area contributed by atoms with E-state index in [1.54, 1.807) is 11.3 Å². The SMILES string of the molecule is CC(C)(C)C1CCC(CN)(Cc2ccsc2)CC1. The lowest BCUT2D eigenvalue weighted by molar-refractivity contribution is 0.0927. The summed E-state index contributed by atoms with van der Waals surface area (Å²) in [5, 5.41) is 4.47. The van der Waals surface area contributed by atoms with E-state index in [-0.39, 0.29) is 0 Å². The summed E-state index contributed by atoms with van der Waals surface area (Å²) >= 11 is 1.80. The molecule has 1 aromatic rings. The highest BCUT2D eigenvalue weighted by atomic mass is 32.1. The minimum atomic E-state index is 0.378. The van der Waals surface area contributed by atoms with Gasteiger partial charge in [0, 0.05) is 0 Å². The molecule has 0 spiro atoms. The van der Waals surface area contributed by atoms with Crippen LogP contribution in [0.3, 0.4) is 0 Å². The van der Waals surface area contributed by atoms with Gasteiger partial charge in [-0.3, -0.25) is 0 Å². The molecule has 0 unspecified atom stereocenters. The summed E-state index contributed by atoms with van der Waals surface area (Å²) in [5.41, 5.74) is 8.44. The lowest BCUT2D eigenvalue weighted by atomic mass is 9.62. The van der Waals surface area contributed by atoms with E-state index in [4.69, 9.17) is 5.73 Å². The molecular weight excluding hydrogens is 238 g/mol. The molecule has 0 aliphatic heterocycles. The van der Waals surface area contributed by atoms with Gasteiger partial charge in [-0.2, -0.15) is 11.3 Å². The number of rotatable bonds is 3. The Balaban J connectivity index is 2.00. The summed E-state index contributed by atoms with van der Waals surface area (Å²) in [5.74, 6) is 0.875. The van der Waals surface area contributed by atoms with Gasteiger partial charge < -0.3 is 5.73 Å². The van der Waals surface area contributed by atoms with Crippen molar-refractivity contribution in [2.45, 2.75) is 52.9 Å². The van der Waals surface area contributed by atoms with Crippen LogP contribution in [-0.4, -0.2) is 6.54 Å². The number of thiophene rings is 1. The standard InChI is InChI=1S/C16H27NS/c1-15(2,3)14-4-7-16(12-17,8-5-14)10-13-6-9-18-11-13/h6,9,11,14H,4-5,7-8,10,12,17H2,1-3H3. The van der Waals surface area contributed by atoms with Gasteiger partial charge in [0.25, 0.3) is 0 Å². The average molecular weight is 265 g/mol. The molecule has 1 saturated carbocycles. The first kappa shape index (κ1) is 14.1. The summed E-state index contributed by atoms with van der Waals surface area (Å²) in [6.45, 7) is 7.99. The molecular formula is C16H27NS. The molecule has 0 aromatic carbocycles. The van der Waals surface area contributed by atoms with E-state index in [2.05, 4.69) is 37.6 Å². The molecule has 18 heavy (non-hydrogen) atoms. The van der Waals surface area contributed by atoms with Gasteiger partial charge in [-0.15, -0.1) is 0 Å². The van der Waals surface area contributed by atoms with Crippen molar-refractivity contribution in [3.8, 4) is 0 Å². The molecule has 1 fully saturated rings. The summed E-state index contributed by atoms with van der Waals surface area (Å²) in [6, 6.07) is 2.26. The van der Waals surface area contributed by atoms with E-state index < -0.39 is 0 Å². The zero-order valence-corrected chi connectivity index (χ0v) is 12.9. The van der Waals surface area contributed by atoms with Gasteiger partial charge in [0.2, 0.25) is 0 Å². The fourth-order valence-corrected chi connectivity index (χ4v) is 4.04. The molecule has 0 saturated heterocycles. The van der Waals surface area contributed by atoms with Crippen molar-refractivity contribution in [1.29, 1.82) is 0 Å². The van der Waals surface area contributed by atoms with Gasteiger partial charge in [-0.25, -0.2) is 0 Å². The third kappa shape index (κ3) is 3.16. The normalized spacial score (nSPS) is 29.4. The molecule has 1 aromatic heterocycles. The van der Waals surface area contributed by atoms with Crippen molar-refractivity contribution in [2.24, 2.45) is 22.5 Å². The van der Waals surface area contributed by atoms with E-state index >= 15 is 0 Å². The van der Waals surface area contributed by atoms with Crippen molar-refractivity contribution in [1.82, 2.24) is 0 Å². The first-order chi connectivity index (χ1) is 8.45. The van der Waals surface area contributed by atoms with E-state index in [1.165, 1.54) is 37.7 Å². The Kier molecular flexibility index (Phi) is 4.18. The van der Waals surface area contributed by atoms with Crippen LogP contribution in [0.2, 0.25) is 0 Å². The van der Waals surface area contributed by atoms with E-state index in [0.717, 1.165) is 12.5 Å². The Bertz CT molecular complexity index is 353. The van der Waals surface area contributed by atoms with Gasteiger partial charge in [0.1, 0.15) is 0 Å². The summed E-state index contributed by atoms with van der Waals surface area (Å²) in [6.07, 6.45) is 6.50. The van der Waals surface area contributed by atoms with E-state index in [0.29, 0.717) is 10.8 Å². The molecule has 2 heteroatoms. The molecule has 1 aliphatic rings. The predicted octanol–water partition coefficient (Wildman–Crippen LogP) is 4.47. The number of hydrogen-bond donors (Lipinski definition) is 1. The molecule has 2 rings (SSSR count). The van der Waals surface area contributed by atoms with Gasteiger partial charge in [0.05, 0.1) is 0 Å². The lowest BCUT2D eigenvalue weighted by Crippen LogP contribution is -2.39. The maximum atomic E-state index is 6.11. The quantitative estimate of drug-likeness (QED) is 0.857. The molecule has 0 bridgehead atoms. The Morgan fingerprint density at radius 3 is 2.44 bits per heavy atom. The van der Waals surface area contributed by atoms with Gasteiger partial charge in [-0.1, -0.05) is 20.8 Å². The van der Waals surface area contributed by atoms with Crippen LogP contribution < -0.4 is 5.73 Å². The molecule has 1 nitrogen and oxygen atoms in total. The van der Waals surface area contributed by atoms with Crippen LogP contribution in [0.1, 0.15) is 52.0 Å². The zero-order valence-electron chi connectivity index (χ0n) is 12.0. The van der Waals surface area contributed by atoms with Crippen LogP contribution in [0.25, 0.3) is 0 Å². The van der Waals surface area contributed by atoms with E-state index in [1.807, 2.05) is 0 Å². The van der Waals surface area contributed by atoms with Crippen molar-refractivity contribution in [3.63, 3.8) is 0 Å². The Morgan fingerprint density at radius 1 is 1.33 bits per heavy atom. The van der Waals surface area contributed by atoms with Crippen molar-refractivity contribution in [3.05, 3.63) is 22.4 Å². The Hall–Kier alpha value is -0.340. The molecule has 2 N–H and O–H groups in total. The zero-order chi connectivity index (χ0) is 13.2. The summed E-state index contributed by atoms with van der Waals surface area (Å²) in [4.78, 5) is 0. The maximum Gasteiger partial charge on any atom is -0.00173 e. The average Bonchev–Trinajstić information content (AvgIpc) is 2.81. The fourth-order valence-electron chi connectivity index (χ4n) is 3.38. The number of hydrogen-bond acceptors (Lipinski definition) is 2. The molecule has 102 valence electrons. The molecule has 0 amide bonds. The van der Waals surface area contributed by atoms with Crippen LogP contribution >= 0.6 is 11.3 Å². The van der Waals surface area contributed by atoms with Crippen LogP contribution in [0.15, 0.2) is 16.8 Å². The molecule has 1 heterocycles. The second-order valence-corrected chi connectivity index (χ2v) is 7.93. The minimum Gasteiger partial charge on any atom is -0.330 e. The minimum absolute atomic E-state index is 0.378. The second kappa shape index (κ2) is 5.34. The largest absolute Gasteiger partial charge is 0.330 e. The van der Waals surface area contributed by atoms with Crippen molar-refractivity contribution in [2.75, 3.05) is 6.54 Å². The highest BCUT2D eigenvalue weighted by Crippen LogP contribution is 2.46. The van der Waals surface area contributed by atoms with Crippen molar-refractivity contribution >= 4 is 11.3 Å². The Morgan fingerprint density at radius 2 is 2.00 bits per heavy atom. The maximum absolute atomic E-state index is 6.11. The summed E-state index contributed by atoms with van der Waals surface area (Å²) < 4.78 is 0. The topological polar surface area (TPSA) is 26.0 Å². The highest BCUT2D eigenvalue weighted by Gasteiger charge is 2.37. The van der Waals surface area contributed by atoms with E-state index in [9.17, 15) is 0 Å². The first-order valence-electron chi connectivity index (χ1n) is 7.16. The van der Waals surface area contributed by atoms with Crippen LogP contribution in [0, 0.1) is 16.7 Å². The smallest absolute Gasteiger partial charge is 0.00173 e. The van der Waals surface area contributed by atoms with Crippen molar-refractivity contribution < 1.29 is 0 Å². The number of nitrogens with two attached hydrogens (primary N) is 1. The van der Waals surface area contributed by atoms with Gasteiger partial charge in [-0.05, 0) is 77.8 Å². The predicted molar refractivity (Wildman–Crippen MR) is 80.9 cm³/mol. The third-order valence-corrected chi connectivity index (χ3v) is 5.60. The molecule has 0 radical (unpaired) electrons. The highest BCUT2D eigenvalue weighted by molar-refractivity contribution is 7.07. The third-order valence-electron chi connectivity index (χ3n) is 4.86. The summed E-state index contributed by atoms with van der Waals surface area (Å²) in [7, 11) is 0. The van der Waals surface area contributed by atoms with Crippen LogP contribution in [-0.2, 0) is 6.42 Å². The molecule has 0 atom stereocenters. The fraction of sp³-hybridized carbons (Fsp3) is 0.750. The molecule has 1 aliphatic carbocycles. The van der Waals surface area contributed by atoms with Crippen LogP contribution in [0.4, 0.5) is 0 Å². The first-order valence-corrected chi connectivity index (χ1v) is 8.11. The Labute approximate surface area is 116 Å². The van der Waals surface area contributed by atoms with Crippen LogP contribution in [0.5, 0.6) is 0 Å². The van der Waals surface area contributed by atoms with Gasteiger partial charge in [0.15, 0.2) is 0 Å². The monoisotopic (exact) mass is 265 g/mol.